The van der Waals surface area contributed by atoms with Gasteiger partial charge >= 0.3 is 35.7 Å². The van der Waals surface area contributed by atoms with E-state index in [-0.39, 0.29) is 36.3 Å². The van der Waals surface area contributed by atoms with Crippen molar-refractivity contribution in [3.8, 4) is 0 Å². The molecule has 4 nitrogen and oxygen atoms in total. The van der Waals surface area contributed by atoms with E-state index in [1.165, 1.54) is 12.5 Å². The monoisotopic (exact) mass is 139 g/mol. The molecule has 0 aromatic carbocycles. The molecule has 0 atom stereocenters. The third-order valence-electron chi connectivity index (χ3n) is 0.796. The van der Waals surface area contributed by atoms with Crippen molar-refractivity contribution in [3.05, 3.63) is 12.5 Å². The Balaban J connectivity index is 0.000000640. The van der Waals surface area contributed by atoms with Gasteiger partial charge in [-0.15, -0.1) is 0 Å². The first-order valence-electron chi connectivity index (χ1n) is 2.08. The predicted molar refractivity (Wildman–Crippen MR) is 32.1 cm³/mol. The Bertz CT molecular complexity index is 136. The van der Waals surface area contributed by atoms with Gasteiger partial charge in [0.15, 0.2) is 6.73 Å². The van der Waals surface area contributed by atoms with Crippen LogP contribution in [0.3, 0.4) is 0 Å². The number of hydrogen-bond acceptors (Lipinski definition) is 2. The SMILES string of the molecule is O=C(O)N1C=COC1.[NaH]. The molecule has 1 aliphatic rings. The van der Waals surface area contributed by atoms with Gasteiger partial charge in [0.25, 0.3) is 0 Å². The molecule has 1 aliphatic heterocycles. The Morgan fingerprint density at radius 1 is 1.78 bits per heavy atom. The van der Waals surface area contributed by atoms with E-state index in [1.54, 1.807) is 0 Å². The Kier molecular flexibility index (Phi) is 3.68. The molecule has 1 N–H and O–H groups in total. The number of carbonyl (C=O) groups is 1. The first-order valence-corrected chi connectivity index (χ1v) is 2.08. The summed E-state index contributed by atoms with van der Waals surface area (Å²) >= 11 is 0. The van der Waals surface area contributed by atoms with E-state index in [4.69, 9.17) is 5.11 Å². The zero-order chi connectivity index (χ0) is 5.98. The van der Waals surface area contributed by atoms with E-state index < -0.39 is 6.09 Å². The van der Waals surface area contributed by atoms with E-state index in [1.807, 2.05) is 0 Å². The fourth-order valence-corrected chi connectivity index (χ4v) is 0.402. The van der Waals surface area contributed by atoms with Crippen LogP contribution in [-0.2, 0) is 4.74 Å². The van der Waals surface area contributed by atoms with E-state index in [0.717, 1.165) is 4.90 Å². The van der Waals surface area contributed by atoms with Crippen LogP contribution in [0.4, 0.5) is 4.79 Å². The second-order valence-electron chi connectivity index (χ2n) is 1.33. The zero-order valence-corrected chi connectivity index (χ0v) is 4.07. The quantitative estimate of drug-likeness (QED) is 0.472. The first-order chi connectivity index (χ1) is 3.80. The molecule has 0 aromatic heterocycles. The van der Waals surface area contributed by atoms with Gasteiger partial charge in [0, 0.05) is 6.20 Å². The average molecular weight is 139 g/mol. The molecular formula is C4H6NNaO3. The number of carboxylic acid groups (broad SMARTS) is 1. The van der Waals surface area contributed by atoms with Crippen LogP contribution in [-0.4, -0.2) is 52.4 Å². The number of amides is 1. The Hall–Kier alpha value is -0.190. The van der Waals surface area contributed by atoms with Gasteiger partial charge in [0.05, 0.1) is 0 Å². The summed E-state index contributed by atoms with van der Waals surface area (Å²) in [5.74, 6) is 0. The molecule has 46 valence electrons. The molecule has 0 aromatic rings. The van der Waals surface area contributed by atoms with Crippen molar-refractivity contribution in [2.45, 2.75) is 0 Å². The zero-order valence-electron chi connectivity index (χ0n) is 4.07. The van der Waals surface area contributed by atoms with Crippen LogP contribution < -0.4 is 0 Å². The van der Waals surface area contributed by atoms with Gasteiger partial charge in [-0.1, -0.05) is 0 Å². The molecule has 1 amide bonds. The van der Waals surface area contributed by atoms with E-state index in [0.29, 0.717) is 0 Å². The van der Waals surface area contributed by atoms with Crippen LogP contribution in [0.5, 0.6) is 0 Å². The molecule has 0 aliphatic carbocycles. The second-order valence-corrected chi connectivity index (χ2v) is 1.33. The summed E-state index contributed by atoms with van der Waals surface area (Å²) in [6, 6.07) is 0. The summed E-state index contributed by atoms with van der Waals surface area (Å²) in [6.07, 6.45) is 1.72. The summed E-state index contributed by atoms with van der Waals surface area (Å²) in [5.41, 5.74) is 0. The summed E-state index contributed by atoms with van der Waals surface area (Å²) in [5, 5.41) is 8.21. The van der Waals surface area contributed by atoms with Gasteiger partial charge in [0.2, 0.25) is 0 Å². The minimum absolute atomic E-state index is 0. The standard InChI is InChI=1S/C4H5NO3.Na.H/c6-4(7)5-1-2-8-3-5;;/h1-2H,3H2,(H,6,7);;. The molecular weight excluding hydrogens is 133 g/mol. The second kappa shape index (κ2) is 3.76. The molecule has 0 fully saturated rings. The number of rotatable bonds is 0. The van der Waals surface area contributed by atoms with Gasteiger partial charge < -0.3 is 9.84 Å². The van der Waals surface area contributed by atoms with Gasteiger partial charge in [-0.05, 0) is 0 Å². The van der Waals surface area contributed by atoms with Crippen LogP contribution in [0.25, 0.3) is 0 Å². The van der Waals surface area contributed by atoms with Crippen molar-refractivity contribution in [2.75, 3.05) is 6.73 Å². The van der Waals surface area contributed by atoms with Crippen molar-refractivity contribution in [3.63, 3.8) is 0 Å². The third kappa shape index (κ3) is 2.26. The molecule has 0 saturated heterocycles. The van der Waals surface area contributed by atoms with Crippen LogP contribution in [0.2, 0.25) is 0 Å². The first kappa shape index (κ1) is 8.81. The molecule has 0 bridgehead atoms. The molecule has 0 saturated carbocycles. The number of ether oxygens (including phenoxy) is 1. The Morgan fingerprint density at radius 2 is 2.44 bits per heavy atom. The van der Waals surface area contributed by atoms with Gasteiger partial charge in [-0.2, -0.15) is 0 Å². The van der Waals surface area contributed by atoms with Crippen LogP contribution in [0.1, 0.15) is 0 Å². The van der Waals surface area contributed by atoms with Crippen LogP contribution in [0, 0.1) is 0 Å². The molecule has 1 rings (SSSR count). The Labute approximate surface area is 74.4 Å². The van der Waals surface area contributed by atoms with Crippen LogP contribution in [0.15, 0.2) is 12.5 Å². The van der Waals surface area contributed by atoms with Gasteiger partial charge in [-0.25, -0.2) is 9.69 Å². The molecule has 0 spiro atoms. The predicted octanol–water partition coefficient (Wildman–Crippen LogP) is -0.223. The maximum absolute atomic E-state index is 10.00. The number of hydrogen-bond donors (Lipinski definition) is 1. The summed E-state index contributed by atoms with van der Waals surface area (Å²) in [7, 11) is 0. The third-order valence-corrected chi connectivity index (χ3v) is 0.796. The minimum atomic E-state index is -0.987. The van der Waals surface area contributed by atoms with Gasteiger partial charge in [-0.3, -0.25) is 0 Å². The van der Waals surface area contributed by atoms with Crippen molar-refractivity contribution >= 4 is 35.7 Å². The summed E-state index contributed by atoms with van der Waals surface area (Å²) < 4.78 is 4.58. The fraction of sp³-hybridized carbons (Fsp3) is 0.250. The van der Waals surface area contributed by atoms with Crippen LogP contribution >= 0.6 is 0 Å². The molecule has 1 heterocycles. The fourth-order valence-electron chi connectivity index (χ4n) is 0.402. The van der Waals surface area contributed by atoms with Crippen molar-refractivity contribution in [1.82, 2.24) is 4.90 Å². The molecule has 0 unspecified atom stereocenters. The topological polar surface area (TPSA) is 49.8 Å². The normalized spacial score (nSPS) is 14.4. The van der Waals surface area contributed by atoms with E-state index >= 15 is 0 Å². The van der Waals surface area contributed by atoms with Crippen molar-refractivity contribution in [2.24, 2.45) is 0 Å². The molecule has 9 heavy (non-hydrogen) atoms. The van der Waals surface area contributed by atoms with Gasteiger partial charge in [0.1, 0.15) is 6.26 Å². The van der Waals surface area contributed by atoms with E-state index in [2.05, 4.69) is 4.74 Å². The van der Waals surface area contributed by atoms with Crippen molar-refractivity contribution in [1.29, 1.82) is 0 Å². The Morgan fingerprint density at radius 3 is 2.67 bits per heavy atom. The van der Waals surface area contributed by atoms with E-state index in [9.17, 15) is 4.79 Å². The van der Waals surface area contributed by atoms with Crippen molar-refractivity contribution < 1.29 is 14.6 Å². The maximum atomic E-state index is 10.00. The molecule has 5 heteroatoms. The average Bonchev–Trinajstić information content (AvgIpc) is 2.12. The molecule has 0 radical (unpaired) electrons. The summed E-state index contributed by atoms with van der Waals surface area (Å²) in [6.45, 7) is 0.120. The summed E-state index contributed by atoms with van der Waals surface area (Å²) in [4.78, 5) is 11.0. The number of nitrogens with zero attached hydrogens (tertiary/aromatic N) is 1.